The number of hydrogen-bond donors (Lipinski definition) is 1. The molecular formula is CHNO5. The van der Waals surface area contributed by atoms with Crippen molar-refractivity contribution in [3.05, 3.63) is 0 Å². The Morgan fingerprint density at radius 3 is 2.57 bits per heavy atom. The molecule has 0 radical (unpaired) electrons. The van der Waals surface area contributed by atoms with Crippen molar-refractivity contribution in [2.45, 2.75) is 0 Å². The molecule has 0 aliphatic carbocycles. The van der Waals surface area contributed by atoms with Crippen LogP contribution in [0.5, 0.6) is 6.08 Å². The Labute approximate surface area is 36.4 Å². The van der Waals surface area contributed by atoms with Crippen LogP contribution in [0.4, 0.5) is 0 Å². The van der Waals surface area contributed by atoms with E-state index in [1.807, 2.05) is 0 Å². The van der Waals surface area contributed by atoms with Crippen molar-refractivity contribution in [2.24, 2.45) is 0 Å². The van der Waals surface area contributed by atoms with Crippen molar-refractivity contribution < 1.29 is 23.8 Å². The van der Waals surface area contributed by atoms with E-state index in [0.717, 1.165) is 0 Å². The molecule has 0 amide bonds. The van der Waals surface area contributed by atoms with Gasteiger partial charge in [0.05, 0.1) is 5.16 Å². The van der Waals surface area contributed by atoms with Crippen LogP contribution >= 0.6 is 0 Å². The van der Waals surface area contributed by atoms with E-state index in [4.69, 9.17) is 5.11 Å². The minimum absolute atomic E-state index is 0.730. The SMILES string of the molecule is Oc1noooo1. The number of aromatic nitrogens is 1. The zero-order valence-corrected chi connectivity index (χ0v) is 3.03. The van der Waals surface area contributed by atoms with Crippen LogP contribution in [0.15, 0.2) is 18.7 Å². The van der Waals surface area contributed by atoms with Crippen molar-refractivity contribution in [1.29, 1.82) is 0 Å². The summed E-state index contributed by atoms with van der Waals surface area (Å²) in [4.78, 5) is 0. The summed E-state index contributed by atoms with van der Waals surface area (Å²) in [7, 11) is 0. The van der Waals surface area contributed by atoms with Crippen molar-refractivity contribution in [3.8, 4) is 6.08 Å². The largest absolute Gasteiger partial charge is 0.472 e. The molecule has 0 fully saturated rings. The monoisotopic (exact) mass is 107 g/mol. The van der Waals surface area contributed by atoms with E-state index in [-0.39, 0.29) is 0 Å². The molecule has 1 aromatic rings. The lowest BCUT2D eigenvalue weighted by Crippen LogP contribution is -1.66. The lowest BCUT2D eigenvalue weighted by molar-refractivity contribution is -0.341. The molecule has 1 aromatic heterocycles. The molecule has 0 spiro atoms. The number of hydrogen-bond acceptors (Lipinski definition) is 6. The Hall–Kier alpha value is -1.33. The average molecular weight is 107 g/mol. The molecule has 0 aromatic carbocycles. The van der Waals surface area contributed by atoms with Gasteiger partial charge in [0, 0.05) is 0 Å². The second kappa shape index (κ2) is 1.41. The van der Waals surface area contributed by atoms with Crippen LogP contribution in [-0.2, 0) is 0 Å². The van der Waals surface area contributed by atoms with E-state index >= 15 is 0 Å². The molecule has 0 aliphatic rings. The zero-order valence-electron chi connectivity index (χ0n) is 3.03. The van der Waals surface area contributed by atoms with Crippen LogP contribution in [0.25, 0.3) is 0 Å². The Kier molecular flexibility index (Phi) is 0.777. The summed E-state index contributed by atoms with van der Waals surface area (Å²) in [5.74, 6) is 0. The van der Waals surface area contributed by atoms with Crippen LogP contribution in [0.2, 0.25) is 0 Å². The van der Waals surface area contributed by atoms with E-state index in [0.29, 0.717) is 0 Å². The maximum atomic E-state index is 8.11. The van der Waals surface area contributed by atoms with Crippen LogP contribution < -0.4 is 0 Å². The van der Waals surface area contributed by atoms with Crippen molar-refractivity contribution >= 4 is 0 Å². The van der Waals surface area contributed by atoms with Gasteiger partial charge >= 0.3 is 6.08 Å². The van der Waals surface area contributed by atoms with Crippen LogP contribution in [-0.4, -0.2) is 10.3 Å². The first-order valence-corrected chi connectivity index (χ1v) is 1.33. The summed E-state index contributed by atoms with van der Waals surface area (Å²) < 4.78 is 14.6. The number of rotatable bonds is 0. The van der Waals surface area contributed by atoms with E-state index in [1.165, 1.54) is 0 Å². The molecule has 1 heterocycles. The molecular weight excluding hydrogens is 106 g/mol. The van der Waals surface area contributed by atoms with E-state index in [1.54, 1.807) is 0 Å². The molecule has 0 bridgehead atoms. The van der Waals surface area contributed by atoms with Gasteiger partial charge in [-0.25, -0.2) is 0 Å². The fourth-order valence-electron chi connectivity index (χ4n) is 0.119. The lowest BCUT2D eigenvalue weighted by atomic mass is 11.4. The summed E-state index contributed by atoms with van der Waals surface area (Å²) in [5.41, 5.74) is 0. The molecule has 40 valence electrons. The molecule has 0 saturated heterocycles. The fraction of sp³-hybridized carbons (Fsp3) is 0. The molecule has 0 saturated carbocycles. The Balaban J connectivity index is 3.02. The highest BCUT2D eigenvalue weighted by Crippen LogP contribution is 1.96. The summed E-state index contributed by atoms with van der Waals surface area (Å²) in [6, 6.07) is 0. The summed E-state index contributed by atoms with van der Waals surface area (Å²) in [6.07, 6.45) is -0.730. The normalized spacial score (nSPS) is 8.57. The third-order valence-corrected chi connectivity index (χ3v) is 0.282. The minimum atomic E-state index is -0.730. The Morgan fingerprint density at radius 1 is 1.43 bits per heavy atom. The predicted octanol–water partition coefficient (Wildman–Crippen LogP) is 0.284. The van der Waals surface area contributed by atoms with Gasteiger partial charge in [-0.1, -0.05) is 0 Å². The first kappa shape index (κ1) is 3.85. The highest BCUT2D eigenvalue weighted by molar-refractivity contribution is 4.62. The van der Waals surface area contributed by atoms with E-state index in [2.05, 4.69) is 23.9 Å². The molecule has 6 nitrogen and oxygen atoms in total. The number of aromatic hydroxyl groups is 1. The third-order valence-electron chi connectivity index (χ3n) is 0.282. The summed E-state index contributed by atoms with van der Waals surface area (Å²) in [6.45, 7) is 0. The van der Waals surface area contributed by atoms with Gasteiger partial charge in [-0.05, 0) is 9.47 Å². The van der Waals surface area contributed by atoms with Gasteiger partial charge in [0.15, 0.2) is 0 Å². The van der Waals surface area contributed by atoms with E-state index < -0.39 is 6.08 Å². The smallest absolute Gasteiger partial charge is 0.461 e. The van der Waals surface area contributed by atoms with Gasteiger partial charge in [-0.2, -0.15) is 4.58 Å². The molecule has 7 heavy (non-hydrogen) atoms. The van der Waals surface area contributed by atoms with Gasteiger partial charge in [-0.15, -0.1) is 4.68 Å². The minimum Gasteiger partial charge on any atom is -0.461 e. The maximum Gasteiger partial charge on any atom is 0.472 e. The summed E-state index contributed by atoms with van der Waals surface area (Å²) >= 11 is 0. The highest BCUT2D eigenvalue weighted by Gasteiger charge is 1.87. The van der Waals surface area contributed by atoms with Crippen molar-refractivity contribution in [3.63, 3.8) is 0 Å². The highest BCUT2D eigenvalue weighted by atomic mass is 17.4. The first-order valence-electron chi connectivity index (χ1n) is 1.33. The topological polar surface area (TPSA) is 85.7 Å². The number of nitrogens with zero attached hydrogens (tertiary/aromatic N) is 1. The van der Waals surface area contributed by atoms with Crippen LogP contribution in [0.3, 0.4) is 0 Å². The fourth-order valence-corrected chi connectivity index (χ4v) is 0.119. The Bertz CT molecular complexity index is 138. The summed E-state index contributed by atoms with van der Waals surface area (Å²) in [5, 5.41) is 10.8. The first-order chi connectivity index (χ1) is 3.39. The van der Waals surface area contributed by atoms with E-state index in [9.17, 15) is 0 Å². The molecule has 0 unspecified atom stereocenters. The van der Waals surface area contributed by atoms with Gasteiger partial charge in [0.1, 0.15) is 0 Å². The molecule has 1 rings (SSSR count). The third kappa shape index (κ3) is 0.748. The van der Waals surface area contributed by atoms with Gasteiger partial charge < -0.3 is 5.11 Å². The van der Waals surface area contributed by atoms with Crippen LogP contribution in [0, 0.1) is 0 Å². The quantitative estimate of drug-likeness (QED) is 0.479. The molecule has 6 heteroatoms. The van der Waals surface area contributed by atoms with Crippen molar-refractivity contribution in [2.75, 3.05) is 0 Å². The van der Waals surface area contributed by atoms with Crippen molar-refractivity contribution in [1.82, 2.24) is 5.16 Å². The van der Waals surface area contributed by atoms with Gasteiger partial charge in [-0.3, -0.25) is 0 Å². The average Bonchev–Trinajstić information content (AvgIpc) is 1.69. The lowest BCUT2D eigenvalue weighted by Gasteiger charge is -1.74. The van der Waals surface area contributed by atoms with Gasteiger partial charge in [0.25, 0.3) is 0 Å². The standard InChI is InChI=1S/CHNO5/c3-1-2-5-7-6-4-1/h(H,2,3). The zero-order chi connectivity index (χ0) is 5.11. The molecule has 0 atom stereocenters. The second-order valence-electron chi connectivity index (χ2n) is 0.668. The predicted molar refractivity (Wildman–Crippen MR) is 12.6 cm³/mol. The maximum absolute atomic E-state index is 8.11. The van der Waals surface area contributed by atoms with Crippen LogP contribution in [0.1, 0.15) is 0 Å². The molecule has 0 aliphatic heterocycles. The Morgan fingerprint density at radius 2 is 2.29 bits per heavy atom. The molecule has 1 N–H and O–H groups in total. The second-order valence-corrected chi connectivity index (χ2v) is 0.668. The van der Waals surface area contributed by atoms with Gasteiger partial charge in [0.2, 0.25) is 0 Å².